The normalized spacial score (nSPS) is 11.1. The number of hydrogen-bond donors (Lipinski definition) is 2. The van der Waals surface area contributed by atoms with Gasteiger partial charge in [0, 0.05) is 18.9 Å². The molecule has 1 amide bonds. The van der Waals surface area contributed by atoms with Gasteiger partial charge in [0.1, 0.15) is 11.8 Å². The third-order valence-electron chi connectivity index (χ3n) is 3.52. The van der Waals surface area contributed by atoms with Crippen molar-refractivity contribution < 1.29 is 24.2 Å². The SMILES string of the molecule is CC(=O)Oc1cccc(C(=O)N[C@H](Cc2ccccc2C#N)C(=O)O)c1. The lowest BCUT2D eigenvalue weighted by atomic mass is 10.0. The highest BCUT2D eigenvalue weighted by Crippen LogP contribution is 2.15. The van der Waals surface area contributed by atoms with E-state index in [2.05, 4.69) is 5.32 Å². The fourth-order valence-electron chi connectivity index (χ4n) is 2.34. The first-order valence-electron chi connectivity index (χ1n) is 7.71. The number of nitriles is 1. The number of nitrogens with zero attached hydrogens (tertiary/aromatic N) is 1. The fourth-order valence-corrected chi connectivity index (χ4v) is 2.34. The van der Waals surface area contributed by atoms with Gasteiger partial charge in [0.2, 0.25) is 0 Å². The highest BCUT2D eigenvalue weighted by Gasteiger charge is 2.22. The third kappa shape index (κ3) is 4.92. The molecule has 0 bridgehead atoms. The van der Waals surface area contributed by atoms with Crippen molar-refractivity contribution in [3.63, 3.8) is 0 Å². The van der Waals surface area contributed by atoms with Gasteiger partial charge in [0.15, 0.2) is 0 Å². The summed E-state index contributed by atoms with van der Waals surface area (Å²) in [5, 5.41) is 20.9. The zero-order chi connectivity index (χ0) is 19.1. The number of esters is 1. The van der Waals surface area contributed by atoms with Crippen LogP contribution in [0.4, 0.5) is 0 Å². The van der Waals surface area contributed by atoms with Gasteiger partial charge in [-0.3, -0.25) is 9.59 Å². The van der Waals surface area contributed by atoms with Crippen LogP contribution in [0, 0.1) is 11.3 Å². The minimum atomic E-state index is -1.22. The number of amides is 1. The van der Waals surface area contributed by atoms with E-state index in [-0.39, 0.29) is 17.7 Å². The predicted molar refractivity (Wildman–Crippen MR) is 91.5 cm³/mol. The molecule has 2 N–H and O–H groups in total. The lowest BCUT2D eigenvalue weighted by molar-refractivity contribution is -0.139. The maximum atomic E-state index is 12.4. The molecule has 0 fully saturated rings. The third-order valence-corrected chi connectivity index (χ3v) is 3.52. The minimum absolute atomic E-state index is 0.0333. The highest BCUT2D eigenvalue weighted by molar-refractivity contribution is 5.97. The summed E-state index contributed by atoms with van der Waals surface area (Å²) < 4.78 is 4.91. The number of hydrogen-bond acceptors (Lipinski definition) is 5. The Morgan fingerprint density at radius 1 is 1.19 bits per heavy atom. The summed E-state index contributed by atoms with van der Waals surface area (Å²) in [6, 6.07) is 13.2. The molecule has 0 aliphatic rings. The highest BCUT2D eigenvalue weighted by atomic mass is 16.5. The van der Waals surface area contributed by atoms with Gasteiger partial charge >= 0.3 is 11.9 Å². The molecule has 0 aliphatic carbocycles. The van der Waals surface area contributed by atoms with Crippen molar-refractivity contribution in [1.82, 2.24) is 5.32 Å². The molecule has 2 aromatic carbocycles. The molecule has 0 aliphatic heterocycles. The number of benzene rings is 2. The summed E-state index contributed by atoms with van der Waals surface area (Å²) in [6.07, 6.45) is -0.0333. The summed E-state index contributed by atoms with van der Waals surface area (Å²) in [6.45, 7) is 1.24. The Labute approximate surface area is 149 Å². The van der Waals surface area contributed by atoms with E-state index in [0.717, 1.165) is 0 Å². The minimum Gasteiger partial charge on any atom is -0.480 e. The number of carboxylic acid groups (broad SMARTS) is 1. The van der Waals surface area contributed by atoms with Crippen molar-refractivity contribution in [2.24, 2.45) is 0 Å². The van der Waals surface area contributed by atoms with Crippen molar-refractivity contribution in [1.29, 1.82) is 5.26 Å². The lowest BCUT2D eigenvalue weighted by Gasteiger charge is -2.15. The molecule has 7 heteroatoms. The molecule has 0 saturated carbocycles. The summed E-state index contributed by atoms with van der Waals surface area (Å²) in [4.78, 5) is 34.9. The number of carbonyl (C=O) groups is 3. The van der Waals surface area contributed by atoms with E-state index in [1.165, 1.54) is 31.2 Å². The van der Waals surface area contributed by atoms with Crippen molar-refractivity contribution in [3.05, 3.63) is 65.2 Å². The average molecular weight is 352 g/mol. The van der Waals surface area contributed by atoms with E-state index in [1.807, 2.05) is 6.07 Å². The molecular formula is C19H16N2O5. The van der Waals surface area contributed by atoms with Gasteiger partial charge in [-0.25, -0.2) is 4.79 Å². The number of aliphatic carboxylic acids is 1. The van der Waals surface area contributed by atoms with Crippen LogP contribution in [0.15, 0.2) is 48.5 Å². The Morgan fingerprint density at radius 2 is 1.92 bits per heavy atom. The topological polar surface area (TPSA) is 116 Å². The fraction of sp³-hybridized carbons (Fsp3) is 0.158. The molecular weight excluding hydrogens is 336 g/mol. The van der Waals surface area contributed by atoms with E-state index in [0.29, 0.717) is 11.1 Å². The quantitative estimate of drug-likeness (QED) is 0.606. The Kier molecular flexibility index (Phi) is 6.06. The molecule has 7 nitrogen and oxygen atoms in total. The number of ether oxygens (including phenoxy) is 1. The van der Waals surface area contributed by atoms with Crippen LogP contribution < -0.4 is 10.1 Å². The van der Waals surface area contributed by atoms with Crippen LogP contribution in [-0.2, 0) is 16.0 Å². The molecule has 0 heterocycles. The van der Waals surface area contributed by atoms with E-state index < -0.39 is 23.9 Å². The van der Waals surface area contributed by atoms with Crippen LogP contribution in [0.5, 0.6) is 5.75 Å². The number of rotatable bonds is 6. The Balaban J connectivity index is 2.17. The average Bonchev–Trinajstić information content (AvgIpc) is 2.61. The standard InChI is InChI=1S/C19H16N2O5/c1-12(22)26-16-8-4-7-14(9-16)18(23)21-17(19(24)25)10-13-5-2-3-6-15(13)11-20/h2-9,17H,10H2,1H3,(H,21,23)(H,24,25)/t17-/m1/s1. The monoisotopic (exact) mass is 352 g/mol. The number of nitrogens with one attached hydrogen (secondary N) is 1. The largest absolute Gasteiger partial charge is 0.480 e. The van der Waals surface area contributed by atoms with Gasteiger partial charge in [-0.2, -0.15) is 5.26 Å². The van der Waals surface area contributed by atoms with Gasteiger partial charge in [0.25, 0.3) is 5.91 Å². The van der Waals surface area contributed by atoms with Crippen molar-refractivity contribution in [2.75, 3.05) is 0 Å². The molecule has 0 spiro atoms. The maximum absolute atomic E-state index is 12.4. The van der Waals surface area contributed by atoms with Gasteiger partial charge in [0.05, 0.1) is 11.6 Å². The zero-order valence-electron chi connectivity index (χ0n) is 13.9. The smallest absolute Gasteiger partial charge is 0.326 e. The van der Waals surface area contributed by atoms with Crippen molar-refractivity contribution in [3.8, 4) is 11.8 Å². The Hall–Kier alpha value is -3.66. The molecule has 0 aromatic heterocycles. The second kappa shape index (κ2) is 8.44. The Morgan fingerprint density at radius 3 is 2.58 bits per heavy atom. The molecule has 26 heavy (non-hydrogen) atoms. The van der Waals surface area contributed by atoms with Gasteiger partial charge in [-0.1, -0.05) is 24.3 Å². The summed E-state index contributed by atoms with van der Waals surface area (Å²) in [5.74, 6) is -2.19. The first kappa shape index (κ1) is 18.7. The van der Waals surface area contributed by atoms with Crippen molar-refractivity contribution >= 4 is 17.8 Å². The van der Waals surface area contributed by atoms with Crippen molar-refractivity contribution in [2.45, 2.75) is 19.4 Å². The van der Waals surface area contributed by atoms with Crippen LogP contribution in [0.3, 0.4) is 0 Å². The van der Waals surface area contributed by atoms with E-state index >= 15 is 0 Å². The van der Waals surface area contributed by atoms with E-state index in [4.69, 9.17) is 10.00 Å². The van der Waals surface area contributed by atoms with Crippen LogP contribution in [-0.4, -0.2) is 29.0 Å². The number of carbonyl (C=O) groups excluding carboxylic acids is 2. The van der Waals surface area contributed by atoms with Gasteiger partial charge < -0.3 is 15.2 Å². The number of carboxylic acids is 1. The Bertz CT molecular complexity index is 885. The molecule has 0 unspecified atom stereocenters. The molecule has 2 rings (SSSR count). The van der Waals surface area contributed by atoms with Gasteiger partial charge in [-0.15, -0.1) is 0 Å². The van der Waals surface area contributed by atoms with E-state index in [1.54, 1.807) is 24.3 Å². The maximum Gasteiger partial charge on any atom is 0.326 e. The molecule has 1 atom stereocenters. The second-order valence-corrected chi connectivity index (χ2v) is 5.46. The second-order valence-electron chi connectivity index (χ2n) is 5.46. The summed E-state index contributed by atoms with van der Waals surface area (Å²) in [7, 11) is 0. The van der Waals surface area contributed by atoms with Gasteiger partial charge in [-0.05, 0) is 29.8 Å². The molecule has 2 aromatic rings. The molecule has 0 saturated heterocycles. The molecule has 132 valence electrons. The van der Waals surface area contributed by atoms with E-state index in [9.17, 15) is 19.5 Å². The predicted octanol–water partition coefficient (Wildman–Crippen LogP) is 1.91. The summed E-state index contributed by atoms with van der Waals surface area (Å²) in [5.41, 5.74) is 1.03. The summed E-state index contributed by atoms with van der Waals surface area (Å²) >= 11 is 0. The zero-order valence-corrected chi connectivity index (χ0v) is 13.9. The first-order valence-corrected chi connectivity index (χ1v) is 7.71. The lowest BCUT2D eigenvalue weighted by Crippen LogP contribution is -2.42. The van der Waals surface area contributed by atoms with Crippen LogP contribution >= 0.6 is 0 Å². The van der Waals surface area contributed by atoms with Crippen LogP contribution in [0.1, 0.15) is 28.4 Å². The first-order chi connectivity index (χ1) is 12.4. The van der Waals surface area contributed by atoms with Crippen LogP contribution in [0.2, 0.25) is 0 Å². The molecule has 0 radical (unpaired) electrons. The van der Waals surface area contributed by atoms with Crippen LogP contribution in [0.25, 0.3) is 0 Å².